The van der Waals surface area contributed by atoms with Crippen molar-refractivity contribution in [2.24, 2.45) is 0 Å². The number of aliphatic hydroxyl groups excluding tert-OH is 1. The number of nitrogens with one attached hydrogen (secondary N) is 1. The first-order chi connectivity index (χ1) is 13.2. The van der Waals surface area contributed by atoms with Crippen LogP contribution in [0.3, 0.4) is 0 Å². The van der Waals surface area contributed by atoms with Crippen LogP contribution in [0.2, 0.25) is 0 Å². The number of hydrogen-bond acceptors (Lipinski definition) is 6. The Balaban J connectivity index is 2.20. The highest BCUT2D eigenvalue weighted by Gasteiger charge is 2.33. The van der Waals surface area contributed by atoms with Crippen LogP contribution in [0.1, 0.15) is 32.5 Å². The predicted octanol–water partition coefficient (Wildman–Crippen LogP) is 2.36. The molecule has 2 N–H and O–H groups in total. The Morgan fingerprint density at radius 2 is 1.93 bits per heavy atom. The fraction of sp³-hybridized carbons (Fsp3) is 0.316. The number of fused-ring (bicyclic) bond motifs is 1. The van der Waals surface area contributed by atoms with Crippen LogP contribution in [0, 0.1) is 0 Å². The second-order valence-corrected chi connectivity index (χ2v) is 11.1. The van der Waals surface area contributed by atoms with E-state index in [0.29, 0.717) is 16.6 Å². The third-order valence-electron chi connectivity index (χ3n) is 4.21. The van der Waals surface area contributed by atoms with E-state index >= 15 is 0 Å². The average Bonchev–Trinajstić information content (AvgIpc) is 3.05. The van der Waals surface area contributed by atoms with Gasteiger partial charge < -0.3 is 9.66 Å². The molecule has 2 heterocycles. The quantitative estimate of drug-likeness (QED) is 0.592. The van der Waals surface area contributed by atoms with Gasteiger partial charge in [0.25, 0.3) is 10.0 Å². The van der Waals surface area contributed by atoms with Gasteiger partial charge in [0.15, 0.2) is 0 Å². The molecule has 2 atom stereocenters. The third kappa shape index (κ3) is 3.94. The monoisotopic (exact) mass is 421 g/mol. The second-order valence-electron chi connectivity index (χ2n) is 7.32. The highest BCUT2D eigenvalue weighted by molar-refractivity contribution is 7.91. The third-order valence-corrected chi connectivity index (χ3v) is 7.58. The summed E-state index contributed by atoms with van der Waals surface area (Å²) in [6.45, 7) is 4.97. The molecule has 0 amide bonds. The minimum Gasteiger partial charge on any atom is -0.598 e. The summed E-state index contributed by atoms with van der Waals surface area (Å²) in [4.78, 5) is 4.18. The standard InChI is InChI=1S/C19H23N3O4S2/c1-19(2,3)27(24)21-16(13-23)18-11-14-12-20-10-9-17(14)22(18)28(25,26)15-7-5-4-6-8-15/h4-12,16,21,23H,13H2,1-3H3/t16?,27-/m1/s1. The molecule has 0 fully saturated rings. The Hall–Kier alpha value is -1.91. The van der Waals surface area contributed by atoms with Gasteiger partial charge in [0.05, 0.1) is 22.7 Å². The van der Waals surface area contributed by atoms with Crippen LogP contribution in [0.15, 0.2) is 59.8 Å². The number of nitrogens with zero attached hydrogens (tertiary/aromatic N) is 2. The van der Waals surface area contributed by atoms with Crippen molar-refractivity contribution in [1.29, 1.82) is 0 Å². The van der Waals surface area contributed by atoms with E-state index in [2.05, 4.69) is 9.71 Å². The molecular formula is C19H23N3O4S2. The maximum Gasteiger partial charge on any atom is 0.268 e. The summed E-state index contributed by atoms with van der Waals surface area (Å²) in [6.07, 6.45) is 3.07. The number of benzene rings is 1. The normalized spacial score (nSPS) is 14.9. The van der Waals surface area contributed by atoms with Gasteiger partial charge in [0.2, 0.25) is 0 Å². The van der Waals surface area contributed by atoms with E-state index in [4.69, 9.17) is 0 Å². The van der Waals surface area contributed by atoms with Gasteiger partial charge in [-0.25, -0.2) is 12.4 Å². The molecular weight excluding hydrogens is 398 g/mol. The van der Waals surface area contributed by atoms with Gasteiger partial charge in [0.1, 0.15) is 10.8 Å². The van der Waals surface area contributed by atoms with Crippen molar-refractivity contribution in [2.45, 2.75) is 36.5 Å². The van der Waals surface area contributed by atoms with Crippen molar-refractivity contribution < 1.29 is 18.1 Å². The molecule has 1 aromatic carbocycles. The summed E-state index contributed by atoms with van der Waals surface area (Å²) < 4.78 is 42.8. The molecule has 150 valence electrons. The molecule has 3 rings (SSSR count). The Labute approximate surface area is 167 Å². The molecule has 0 bridgehead atoms. The first-order valence-electron chi connectivity index (χ1n) is 8.71. The largest absolute Gasteiger partial charge is 0.598 e. The fourth-order valence-corrected chi connectivity index (χ4v) is 5.16. The van der Waals surface area contributed by atoms with Gasteiger partial charge in [-0.15, -0.1) is 4.72 Å². The van der Waals surface area contributed by atoms with E-state index < -0.39 is 38.8 Å². The second kappa shape index (κ2) is 7.84. The number of rotatable bonds is 6. The molecule has 28 heavy (non-hydrogen) atoms. The molecule has 0 aliphatic heterocycles. The zero-order valence-electron chi connectivity index (χ0n) is 15.9. The highest BCUT2D eigenvalue weighted by Crippen LogP contribution is 2.30. The van der Waals surface area contributed by atoms with Crippen LogP contribution in [0.25, 0.3) is 10.9 Å². The Bertz CT molecular complexity index is 1060. The Kier molecular flexibility index (Phi) is 5.83. The molecule has 0 aliphatic carbocycles. The number of pyridine rings is 1. The van der Waals surface area contributed by atoms with E-state index in [9.17, 15) is 18.1 Å². The van der Waals surface area contributed by atoms with Crippen molar-refractivity contribution in [3.05, 3.63) is 60.6 Å². The number of hydrogen-bond donors (Lipinski definition) is 2. The lowest BCUT2D eigenvalue weighted by atomic mass is 10.2. The summed E-state index contributed by atoms with van der Waals surface area (Å²) in [5.74, 6) is 0. The summed E-state index contributed by atoms with van der Waals surface area (Å²) in [5.41, 5.74) is 0.739. The van der Waals surface area contributed by atoms with Gasteiger partial charge in [-0.2, -0.15) is 0 Å². The molecule has 0 spiro atoms. The van der Waals surface area contributed by atoms with E-state index in [1.54, 1.807) is 57.3 Å². The maximum absolute atomic E-state index is 13.4. The highest BCUT2D eigenvalue weighted by atomic mass is 32.2. The molecule has 0 saturated carbocycles. The van der Waals surface area contributed by atoms with Gasteiger partial charge in [0, 0.05) is 29.1 Å². The van der Waals surface area contributed by atoms with Gasteiger partial charge >= 0.3 is 0 Å². The summed E-state index contributed by atoms with van der Waals surface area (Å²) in [5, 5.41) is 10.6. The SMILES string of the molecule is CC(C)(C)[S@@+]([O-])NC(CO)c1cc2cnccc2n1S(=O)(=O)c1ccccc1. The average molecular weight is 422 g/mol. The van der Waals surface area contributed by atoms with Gasteiger partial charge in [-0.05, 0) is 45.0 Å². The number of aliphatic hydroxyl groups is 1. The first kappa shape index (κ1) is 20.8. The van der Waals surface area contributed by atoms with Crippen molar-refractivity contribution in [1.82, 2.24) is 13.7 Å². The lowest BCUT2D eigenvalue weighted by molar-refractivity contribution is 0.255. The van der Waals surface area contributed by atoms with Crippen molar-refractivity contribution in [3.8, 4) is 0 Å². The number of aromatic nitrogens is 2. The lowest BCUT2D eigenvalue weighted by Crippen LogP contribution is -2.43. The summed E-state index contributed by atoms with van der Waals surface area (Å²) in [7, 11) is -3.94. The molecule has 0 aliphatic rings. The minimum absolute atomic E-state index is 0.124. The molecule has 9 heteroatoms. The van der Waals surface area contributed by atoms with Crippen molar-refractivity contribution in [3.63, 3.8) is 0 Å². The molecule has 0 saturated heterocycles. The van der Waals surface area contributed by atoms with Crippen LogP contribution in [0.5, 0.6) is 0 Å². The van der Waals surface area contributed by atoms with E-state index in [1.807, 2.05) is 0 Å². The summed E-state index contributed by atoms with van der Waals surface area (Å²) in [6, 6.07) is 10.5. The maximum atomic E-state index is 13.4. The van der Waals surface area contributed by atoms with Gasteiger partial charge in [-0.1, -0.05) is 18.2 Å². The Morgan fingerprint density at radius 1 is 1.25 bits per heavy atom. The molecule has 7 nitrogen and oxygen atoms in total. The molecule has 0 radical (unpaired) electrons. The molecule has 3 aromatic rings. The molecule has 2 aromatic heterocycles. The zero-order valence-corrected chi connectivity index (χ0v) is 17.5. The van der Waals surface area contributed by atoms with Crippen molar-refractivity contribution >= 4 is 32.3 Å². The lowest BCUT2D eigenvalue weighted by Gasteiger charge is -2.27. The summed E-state index contributed by atoms with van der Waals surface area (Å²) >= 11 is -1.50. The van der Waals surface area contributed by atoms with Crippen molar-refractivity contribution in [2.75, 3.05) is 6.61 Å². The molecule has 1 unspecified atom stereocenters. The van der Waals surface area contributed by atoms with Crippen LogP contribution in [-0.2, 0) is 21.4 Å². The van der Waals surface area contributed by atoms with E-state index in [-0.39, 0.29) is 4.90 Å². The Morgan fingerprint density at radius 3 is 2.54 bits per heavy atom. The van der Waals surface area contributed by atoms with Crippen LogP contribution in [-0.4, -0.2) is 38.4 Å². The van der Waals surface area contributed by atoms with E-state index in [1.165, 1.54) is 22.3 Å². The topological polar surface area (TPSA) is 107 Å². The van der Waals surface area contributed by atoms with Gasteiger partial charge in [-0.3, -0.25) is 4.98 Å². The smallest absolute Gasteiger partial charge is 0.268 e. The minimum atomic E-state index is -3.94. The fourth-order valence-electron chi connectivity index (χ4n) is 2.76. The first-order valence-corrected chi connectivity index (χ1v) is 11.3. The van der Waals surface area contributed by atoms with Crippen LogP contribution in [0.4, 0.5) is 0 Å². The van der Waals surface area contributed by atoms with Crippen LogP contribution < -0.4 is 4.72 Å². The van der Waals surface area contributed by atoms with Crippen LogP contribution >= 0.6 is 0 Å². The predicted molar refractivity (Wildman–Crippen MR) is 110 cm³/mol. The zero-order chi connectivity index (χ0) is 20.5. The van der Waals surface area contributed by atoms with E-state index in [0.717, 1.165) is 0 Å².